The minimum atomic E-state index is -4.95. The first-order valence-corrected chi connectivity index (χ1v) is 4.63. The van der Waals surface area contributed by atoms with E-state index in [1.54, 1.807) is 0 Å². The Hall–Kier alpha value is -1.05. The lowest BCUT2D eigenvalue weighted by molar-refractivity contribution is -0.274. The van der Waals surface area contributed by atoms with Crippen molar-refractivity contribution in [3.63, 3.8) is 0 Å². The summed E-state index contributed by atoms with van der Waals surface area (Å²) in [6, 6.07) is 1.49. The quantitative estimate of drug-likeness (QED) is 0.665. The van der Waals surface area contributed by atoms with E-state index in [0.717, 1.165) is 6.07 Å². The van der Waals surface area contributed by atoms with Crippen LogP contribution in [-0.4, -0.2) is 6.36 Å². The van der Waals surface area contributed by atoms with Gasteiger partial charge in [-0.3, -0.25) is 0 Å². The zero-order valence-electron chi connectivity index (χ0n) is 7.49. The lowest BCUT2D eigenvalue weighted by Gasteiger charge is -2.13. The zero-order chi connectivity index (χ0) is 12.5. The first-order valence-electron chi connectivity index (χ1n) is 3.83. The largest absolute Gasteiger partial charge is 0.573 e. The predicted molar refractivity (Wildman–Crippen MR) is 50.2 cm³/mol. The van der Waals surface area contributed by atoms with Crippen molar-refractivity contribution in [3.8, 4) is 5.75 Å². The minimum Gasteiger partial charge on any atom is -0.405 e. The highest BCUT2D eigenvalue weighted by Crippen LogP contribution is 2.37. The molecule has 0 saturated carbocycles. The highest BCUT2D eigenvalue weighted by Gasteiger charge is 2.32. The summed E-state index contributed by atoms with van der Waals surface area (Å²) in [4.78, 5) is 0. The molecule has 0 aliphatic rings. The number of alkyl halides is 5. The summed E-state index contributed by atoms with van der Waals surface area (Å²) >= 11 is 2.73. The van der Waals surface area contributed by atoms with E-state index in [4.69, 9.17) is 5.73 Å². The van der Waals surface area contributed by atoms with E-state index < -0.39 is 24.1 Å². The van der Waals surface area contributed by atoms with Gasteiger partial charge in [-0.25, -0.2) is 8.78 Å². The fourth-order valence-corrected chi connectivity index (χ4v) is 1.42. The second-order valence-electron chi connectivity index (χ2n) is 2.76. The van der Waals surface area contributed by atoms with E-state index in [2.05, 4.69) is 20.7 Å². The van der Waals surface area contributed by atoms with Crippen LogP contribution in [0.4, 0.5) is 27.6 Å². The topological polar surface area (TPSA) is 35.2 Å². The summed E-state index contributed by atoms with van der Waals surface area (Å²) < 4.78 is 63.8. The Bertz CT molecular complexity index is 393. The molecule has 0 aromatic heterocycles. The van der Waals surface area contributed by atoms with Crippen LogP contribution in [0.3, 0.4) is 0 Å². The monoisotopic (exact) mass is 305 g/mol. The number of nitrogens with two attached hydrogens (primary N) is 1. The Balaban J connectivity index is 3.15. The van der Waals surface area contributed by atoms with Crippen LogP contribution in [0.1, 0.15) is 12.0 Å². The fourth-order valence-electron chi connectivity index (χ4n) is 0.976. The Morgan fingerprint density at radius 3 is 2.25 bits per heavy atom. The van der Waals surface area contributed by atoms with E-state index in [0.29, 0.717) is 6.07 Å². The van der Waals surface area contributed by atoms with Crippen LogP contribution in [0.5, 0.6) is 5.75 Å². The van der Waals surface area contributed by atoms with Gasteiger partial charge in [0, 0.05) is 11.3 Å². The average Bonchev–Trinajstić information content (AvgIpc) is 2.07. The Morgan fingerprint density at radius 2 is 1.81 bits per heavy atom. The van der Waals surface area contributed by atoms with Crippen LogP contribution in [0.25, 0.3) is 0 Å². The van der Waals surface area contributed by atoms with Crippen molar-refractivity contribution in [2.45, 2.75) is 12.8 Å². The van der Waals surface area contributed by atoms with Gasteiger partial charge in [-0.15, -0.1) is 13.2 Å². The molecule has 0 bridgehead atoms. The minimum absolute atomic E-state index is 0.147. The third-order valence-electron chi connectivity index (χ3n) is 1.60. The third-order valence-corrected chi connectivity index (χ3v) is 2.22. The first-order chi connectivity index (χ1) is 7.20. The molecule has 1 aromatic carbocycles. The van der Waals surface area contributed by atoms with Gasteiger partial charge in [0.05, 0.1) is 4.47 Å². The van der Waals surface area contributed by atoms with Crippen LogP contribution in [0, 0.1) is 0 Å². The summed E-state index contributed by atoms with van der Waals surface area (Å²) in [5.41, 5.74) is 4.19. The van der Waals surface area contributed by atoms with Crippen LogP contribution >= 0.6 is 15.9 Å². The van der Waals surface area contributed by atoms with Crippen LogP contribution in [0.15, 0.2) is 16.6 Å². The molecule has 0 aliphatic heterocycles. The molecule has 90 valence electrons. The third kappa shape index (κ3) is 3.22. The predicted octanol–water partition coefficient (Wildman–Crippen LogP) is 3.87. The van der Waals surface area contributed by atoms with Crippen molar-refractivity contribution in [1.82, 2.24) is 0 Å². The Morgan fingerprint density at radius 1 is 1.25 bits per heavy atom. The number of rotatable bonds is 2. The summed E-state index contributed by atoms with van der Waals surface area (Å²) in [5, 5.41) is 0. The fraction of sp³-hybridized carbons (Fsp3) is 0.250. The highest BCUT2D eigenvalue weighted by molar-refractivity contribution is 9.10. The van der Waals surface area contributed by atoms with E-state index in [9.17, 15) is 22.0 Å². The molecule has 0 amide bonds. The van der Waals surface area contributed by atoms with Gasteiger partial charge in [-0.05, 0) is 28.1 Å². The van der Waals surface area contributed by atoms with Crippen molar-refractivity contribution in [2.24, 2.45) is 0 Å². The molecule has 0 heterocycles. The van der Waals surface area contributed by atoms with Gasteiger partial charge in [-0.1, -0.05) is 0 Å². The molecular formula is C8H5BrF5NO. The molecule has 2 N–H and O–H groups in total. The maximum Gasteiger partial charge on any atom is 0.573 e. The molecular weight excluding hydrogens is 301 g/mol. The normalized spacial score (nSPS) is 11.9. The molecule has 0 atom stereocenters. The summed E-state index contributed by atoms with van der Waals surface area (Å²) in [6.07, 6.45) is -7.92. The Labute approximate surface area is 95.3 Å². The van der Waals surface area contributed by atoms with Gasteiger partial charge in [0.2, 0.25) is 0 Å². The van der Waals surface area contributed by atoms with Gasteiger partial charge in [-0.2, -0.15) is 0 Å². The number of ether oxygens (including phenoxy) is 1. The van der Waals surface area contributed by atoms with Gasteiger partial charge in [0.15, 0.2) is 0 Å². The van der Waals surface area contributed by atoms with E-state index in [1.165, 1.54) is 0 Å². The second kappa shape index (κ2) is 4.44. The van der Waals surface area contributed by atoms with Crippen LogP contribution in [-0.2, 0) is 0 Å². The standard InChI is InChI=1S/C8H5BrF5NO/c9-4-2-5(15)3(7(10)11)1-6(4)16-8(12,13)14/h1-2,7H,15H2. The number of nitrogen functional groups attached to an aromatic ring is 1. The average molecular weight is 306 g/mol. The van der Waals surface area contributed by atoms with E-state index in [1.807, 2.05) is 0 Å². The van der Waals surface area contributed by atoms with Gasteiger partial charge in [0.25, 0.3) is 6.43 Å². The second-order valence-corrected chi connectivity index (χ2v) is 3.61. The maximum absolute atomic E-state index is 12.3. The number of halogens is 6. The molecule has 0 aliphatic carbocycles. The van der Waals surface area contributed by atoms with Crippen LogP contribution < -0.4 is 10.5 Å². The molecule has 0 radical (unpaired) electrons. The van der Waals surface area contributed by atoms with E-state index in [-0.39, 0.29) is 10.2 Å². The number of hydrogen-bond donors (Lipinski definition) is 1. The summed E-state index contributed by atoms with van der Waals surface area (Å²) in [7, 11) is 0. The van der Waals surface area contributed by atoms with Gasteiger partial charge >= 0.3 is 6.36 Å². The summed E-state index contributed by atoms with van der Waals surface area (Å²) in [5.74, 6) is -0.753. The van der Waals surface area contributed by atoms with Crippen molar-refractivity contribution in [3.05, 3.63) is 22.2 Å². The van der Waals surface area contributed by atoms with Gasteiger partial charge < -0.3 is 10.5 Å². The highest BCUT2D eigenvalue weighted by atomic mass is 79.9. The lowest BCUT2D eigenvalue weighted by atomic mass is 10.2. The molecule has 2 nitrogen and oxygen atoms in total. The molecule has 0 spiro atoms. The Kier molecular flexibility index (Phi) is 3.61. The SMILES string of the molecule is Nc1cc(Br)c(OC(F)(F)F)cc1C(F)F. The van der Waals surface area contributed by atoms with E-state index >= 15 is 0 Å². The van der Waals surface area contributed by atoms with Crippen molar-refractivity contribution in [1.29, 1.82) is 0 Å². The molecule has 0 unspecified atom stereocenters. The van der Waals surface area contributed by atoms with Crippen molar-refractivity contribution in [2.75, 3.05) is 5.73 Å². The zero-order valence-corrected chi connectivity index (χ0v) is 9.07. The van der Waals surface area contributed by atoms with Crippen molar-refractivity contribution < 1.29 is 26.7 Å². The number of hydrogen-bond acceptors (Lipinski definition) is 2. The maximum atomic E-state index is 12.3. The summed E-state index contributed by atoms with van der Waals surface area (Å²) in [6.45, 7) is 0. The number of anilines is 1. The number of benzene rings is 1. The molecule has 8 heteroatoms. The molecule has 1 rings (SSSR count). The molecule has 0 fully saturated rings. The van der Waals surface area contributed by atoms with Gasteiger partial charge in [0.1, 0.15) is 5.75 Å². The smallest absolute Gasteiger partial charge is 0.405 e. The molecule has 1 aromatic rings. The first kappa shape index (κ1) is 13.0. The van der Waals surface area contributed by atoms with Crippen LogP contribution in [0.2, 0.25) is 0 Å². The molecule has 0 saturated heterocycles. The lowest BCUT2D eigenvalue weighted by Crippen LogP contribution is -2.17. The molecule has 16 heavy (non-hydrogen) atoms. The van der Waals surface area contributed by atoms with Crippen molar-refractivity contribution >= 4 is 21.6 Å².